The Morgan fingerprint density at radius 3 is 0.970 bits per heavy atom. The second-order valence-corrected chi connectivity index (χ2v) is 35.1. The molecule has 0 bridgehead atoms. The standard InChI is InChI=1S/C32H20BrN5.2C27H17BrN4.C26H16BrN5/c33-24-16-17-26-27-15-8-18-34-32(27)38(28(26)20-24)25-14-7-13-23(19-25)31-36-29(21-9-3-1-4-10-21)35-30(37-31)22-11-5-2-6-12-22;28-20-13-14-21-22-12-7-15-29-27(22)32(24(21)16-20)25-17-23(18-8-3-1-4-9-18)30-26(31-25)19-10-5-2-6-11-19;28-20-13-14-21-22-12-7-15-29-27(22)32(23(21)16-20)24-17-30-26(19-10-5-2-6-11-19)31-25(24)18-8-3-1-4-9-18;27-17-9-10-19-20-6-5-13-30-26(20)32(25(19)14-17)18-15-23(21-7-1-3-11-28-21)31-24(16-18)22-8-2-4-12-29-22/h1-20H;2*1-17H;1-16H. The molecule has 0 amide bonds. The summed E-state index contributed by atoms with van der Waals surface area (Å²) in [5.74, 6) is 4.07. The molecule has 0 N–H and O–H groups in total. The van der Waals surface area contributed by atoms with Crippen LogP contribution in [0.4, 0.5) is 0 Å². The van der Waals surface area contributed by atoms with Gasteiger partial charge in [-0.15, -0.1) is 0 Å². The largest absolute Gasteiger partial charge is 0.294 e. The fourth-order valence-corrected chi connectivity index (χ4v) is 18.4. The van der Waals surface area contributed by atoms with Crippen molar-refractivity contribution in [1.29, 1.82) is 0 Å². The Balaban J connectivity index is 0.000000104. The van der Waals surface area contributed by atoms with Crippen molar-refractivity contribution in [2.45, 2.75) is 0 Å². The quantitative estimate of drug-likeness (QED) is 0.106. The van der Waals surface area contributed by atoms with E-state index in [-0.39, 0.29) is 0 Å². The summed E-state index contributed by atoms with van der Waals surface area (Å²) in [7, 11) is 0. The van der Waals surface area contributed by atoms with E-state index < -0.39 is 0 Å². The first kappa shape index (κ1) is 83.4. The smallest absolute Gasteiger partial charge is 0.164 e. The van der Waals surface area contributed by atoms with Crippen LogP contribution in [0.15, 0.2) is 443 Å². The zero-order valence-corrected chi connectivity index (χ0v) is 77.3. The lowest BCUT2D eigenvalue weighted by atomic mass is 10.1. The Morgan fingerprint density at radius 1 is 0.187 bits per heavy atom. The van der Waals surface area contributed by atoms with Gasteiger partial charge in [0, 0.05) is 149 Å². The van der Waals surface area contributed by atoms with Gasteiger partial charge in [-0.2, -0.15) is 0 Å². The van der Waals surface area contributed by atoms with Crippen LogP contribution in [-0.2, 0) is 0 Å². The van der Waals surface area contributed by atoms with Gasteiger partial charge in [-0.3, -0.25) is 28.2 Å². The van der Waals surface area contributed by atoms with Crippen molar-refractivity contribution in [1.82, 2.24) is 88.0 Å². The normalized spacial score (nSPS) is 11.3. The third kappa shape index (κ3) is 16.6. The maximum atomic E-state index is 5.03. The molecule has 18 nitrogen and oxygen atoms in total. The molecule has 0 atom stereocenters. The number of benzene rings is 11. The highest BCUT2D eigenvalue weighted by atomic mass is 79.9. The van der Waals surface area contributed by atoms with Crippen molar-refractivity contribution in [3.8, 4) is 125 Å². The molecule has 14 heterocycles. The van der Waals surface area contributed by atoms with Crippen molar-refractivity contribution in [3.05, 3.63) is 443 Å². The minimum Gasteiger partial charge on any atom is -0.294 e. The van der Waals surface area contributed by atoms with Crippen LogP contribution < -0.4 is 0 Å². The molecule has 134 heavy (non-hydrogen) atoms. The van der Waals surface area contributed by atoms with Crippen LogP contribution in [0, 0.1) is 0 Å². The predicted molar refractivity (Wildman–Crippen MR) is 552 cm³/mol. The van der Waals surface area contributed by atoms with Crippen molar-refractivity contribution >= 4 is 151 Å². The third-order valence-corrected chi connectivity index (χ3v) is 25.0. The highest BCUT2D eigenvalue weighted by Gasteiger charge is 2.25. The summed E-state index contributed by atoms with van der Waals surface area (Å²) in [6.45, 7) is 0. The average molecular weight is 1990 g/mol. The van der Waals surface area contributed by atoms with E-state index in [9.17, 15) is 0 Å². The fourth-order valence-electron chi connectivity index (χ4n) is 17.0. The average Bonchev–Trinajstić information content (AvgIpc) is 1.60. The molecule has 14 aromatic heterocycles. The van der Waals surface area contributed by atoms with E-state index in [1.54, 1.807) is 12.4 Å². The zero-order chi connectivity index (χ0) is 90.0. The Morgan fingerprint density at radius 2 is 0.537 bits per heavy atom. The number of aromatic nitrogens is 18. The summed E-state index contributed by atoms with van der Waals surface area (Å²) in [5, 5.41) is 8.98. The number of pyridine rings is 7. The minimum absolute atomic E-state index is 0.620. The number of nitrogens with zero attached hydrogens (tertiary/aromatic N) is 18. The number of halogens is 4. The van der Waals surface area contributed by atoms with Gasteiger partial charge in [0.1, 0.15) is 28.4 Å². The second kappa shape index (κ2) is 37.0. The summed E-state index contributed by atoms with van der Waals surface area (Å²) in [4.78, 5) is 67.2. The molecular weight excluding hydrogens is 1920 g/mol. The van der Waals surface area contributed by atoms with Gasteiger partial charge < -0.3 is 0 Å². The monoisotopic (exact) mass is 1980 g/mol. The van der Waals surface area contributed by atoms with Crippen molar-refractivity contribution in [2.75, 3.05) is 0 Å². The molecule has 0 radical (unpaired) electrons. The highest BCUT2D eigenvalue weighted by molar-refractivity contribution is 9.11. The van der Waals surface area contributed by atoms with Crippen LogP contribution in [0.25, 0.3) is 213 Å². The molecule has 0 saturated heterocycles. The first-order valence-corrected chi connectivity index (χ1v) is 46.3. The summed E-state index contributed by atoms with van der Waals surface area (Å²) >= 11 is 14.5. The van der Waals surface area contributed by atoms with Crippen LogP contribution in [0.5, 0.6) is 0 Å². The van der Waals surface area contributed by atoms with E-state index in [0.29, 0.717) is 29.1 Å². The first-order chi connectivity index (χ1) is 66.1. The van der Waals surface area contributed by atoms with Gasteiger partial charge in [0.05, 0.1) is 73.8 Å². The summed E-state index contributed by atoms with van der Waals surface area (Å²) in [6, 6.07) is 128. The van der Waals surface area contributed by atoms with Crippen LogP contribution >= 0.6 is 63.7 Å². The van der Waals surface area contributed by atoms with E-state index in [1.807, 2.05) is 268 Å². The summed E-state index contributed by atoms with van der Waals surface area (Å²) < 4.78 is 12.7. The van der Waals surface area contributed by atoms with Gasteiger partial charge in [-0.05, 0) is 146 Å². The van der Waals surface area contributed by atoms with Gasteiger partial charge >= 0.3 is 0 Å². The minimum atomic E-state index is 0.620. The molecule has 636 valence electrons. The van der Waals surface area contributed by atoms with E-state index in [1.165, 1.54) is 0 Å². The number of hydrogen-bond donors (Lipinski definition) is 0. The maximum Gasteiger partial charge on any atom is 0.164 e. The van der Waals surface area contributed by atoms with Gasteiger partial charge in [-0.1, -0.05) is 294 Å². The highest BCUT2D eigenvalue weighted by Crippen LogP contribution is 2.42. The molecule has 0 aliphatic rings. The molecule has 0 unspecified atom stereocenters. The van der Waals surface area contributed by atoms with E-state index >= 15 is 0 Å². The van der Waals surface area contributed by atoms with Crippen LogP contribution in [0.3, 0.4) is 0 Å². The summed E-state index contributed by atoms with van der Waals surface area (Å²) in [5.41, 5.74) is 22.4. The predicted octanol–water partition coefficient (Wildman–Crippen LogP) is 28.7. The van der Waals surface area contributed by atoms with Crippen molar-refractivity contribution in [2.24, 2.45) is 0 Å². The molecule has 25 aromatic rings. The molecule has 11 aromatic carbocycles. The third-order valence-electron chi connectivity index (χ3n) is 23.1. The molecule has 0 spiro atoms. The Labute approximate surface area is 801 Å². The number of hydrogen-bond acceptors (Lipinski definition) is 14. The molecule has 0 fully saturated rings. The van der Waals surface area contributed by atoms with Crippen LogP contribution in [0.1, 0.15) is 0 Å². The van der Waals surface area contributed by atoms with Gasteiger partial charge in [0.2, 0.25) is 0 Å². The van der Waals surface area contributed by atoms with Crippen LogP contribution in [-0.4, -0.2) is 88.0 Å². The lowest BCUT2D eigenvalue weighted by Crippen LogP contribution is -2.03. The number of rotatable bonds is 13. The molecular formula is C112H70Br4N18. The van der Waals surface area contributed by atoms with Gasteiger partial charge in [-0.25, -0.2) is 59.8 Å². The van der Waals surface area contributed by atoms with Crippen molar-refractivity contribution < 1.29 is 0 Å². The van der Waals surface area contributed by atoms with Crippen LogP contribution in [0.2, 0.25) is 0 Å². The Kier molecular flexibility index (Phi) is 23.0. The second-order valence-electron chi connectivity index (χ2n) is 31.4. The molecule has 0 aliphatic carbocycles. The molecule has 0 saturated carbocycles. The summed E-state index contributed by atoms with van der Waals surface area (Å²) in [6.07, 6.45) is 12.8. The fraction of sp³-hybridized carbons (Fsp3) is 0. The maximum absolute atomic E-state index is 5.03. The van der Waals surface area contributed by atoms with E-state index in [2.05, 4.69) is 238 Å². The lowest BCUT2D eigenvalue weighted by Gasteiger charge is -2.14. The van der Waals surface area contributed by atoms with Crippen molar-refractivity contribution in [3.63, 3.8) is 0 Å². The molecule has 25 rings (SSSR count). The molecule has 22 heteroatoms. The van der Waals surface area contributed by atoms with E-state index in [4.69, 9.17) is 59.8 Å². The first-order valence-electron chi connectivity index (χ1n) is 43.1. The van der Waals surface area contributed by atoms with Gasteiger partial charge in [0.15, 0.2) is 29.1 Å². The SMILES string of the molecule is Brc1ccc2c3cccnc3n(-c3cc(-c4ccccc4)nc(-c4ccccc4)n3)c2c1.Brc1ccc2c3cccnc3n(-c3cc(-c4ccccn4)nc(-c4ccccn4)c3)c2c1.Brc1ccc2c3cccnc3n(-c3cccc(-c4nc(-c5ccccc5)nc(-c5ccccc5)n4)c3)c2c1.Brc1ccc2c3cccnc3n(-c3cnc(-c4ccccc4)nc3-c3ccccc3)c2c1. The molecule has 0 aliphatic heterocycles. The van der Waals surface area contributed by atoms with E-state index in [0.717, 1.165) is 202 Å². The number of fused-ring (bicyclic) bond motifs is 12. The topological polar surface area (TPSA) is 200 Å². The van der Waals surface area contributed by atoms with Gasteiger partial charge in [0.25, 0.3) is 0 Å². The Hall–Kier alpha value is -16.2. The zero-order valence-electron chi connectivity index (χ0n) is 71.0. The lowest BCUT2D eigenvalue weighted by molar-refractivity contribution is 1.03. The Bertz CT molecular complexity index is 8260.